The van der Waals surface area contributed by atoms with E-state index in [2.05, 4.69) is 5.32 Å². The van der Waals surface area contributed by atoms with Gasteiger partial charge in [-0.25, -0.2) is 8.42 Å². The van der Waals surface area contributed by atoms with Crippen LogP contribution in [0.3, 0.4) is 0 Å². The molecule has 8 nitrogen and oxygen atoms in total. The van der Waals surface area contributed by atoms with Crippen molar-refractivity contribution in [3.8, 4) is 5.75 Å². The van der Waals surface area contributed by atoms with Crippen molar-refractivity contribution in [1.82, 2.24) is 10.2 Å². The molecule has 2 amide bonds. The molecule has 1 atom stereocenters. The molecule has 12 heteroatoms. The van der Waals surface area contributed by atoms with E-state index in [4.69, 9.17) is 39.5 Å². The normalized spacial score (nSPS) is 12.2. The average molecular weight is 717 g/mol. The molecule has 47 heavy (non-hydrogen) atoms. The van der Waals surface area contributed by atoms with E-state index < -0.39 is 40.0 Å². The summed E-state index contributed by atoms with van der Waals surface area (Å²) in [4.78, 5) is 30.0. The number of rotatable bonds is 12. The molecule has 4 aromatic rings. The highest BCUT2D eigenvalue weighted by Gasteiger charge is 2.37. The predicted octanol–water partition coefficient (Wildman–Crippen LogP) is 7.41. The maximum Gasteiger partial charge on any atom is 0.264 e. The second-order valence-corrected chi connectivity index (χ2v) is 14.9. The van der Waals surface area contributed by atoms with Crippen molar-refractivity contribution in [1.29, 1.82) is 0 Å². The van der Waals surface area contributed by atoms with Crippen molar-refractivity contribution in [2.75, 3.05) is 18.0 Å². The first-order valence-corrected chi connectivity index (χ1v) is 17.3. The number of hydrogen-bond donors (Lipinski definition) is 1. The standard InChI is InChI=1S/C35H36Cl3N3O5S/c1-35(2,3)39-34(43)31(20-24-12-7-5-8-13-24)40(22-27-28(37)16-11-17-29(27)38)33(42)23-41(30-21-25(36)18-19-32(30)46-4)47(44,45)26-14-9-6-10-15-26/h5-19,21,31H,20,22-23H2,1-4H3,(H,39,43)/t31-/m1/s1. The Balaban J connectivity index is 1.89. The molecule has 0 spiro atoms. The van der Waals surface area contributed by atoms with Crippen molar-refractivity contribution in [2.45, 2.75) is 50.2 Å². The minimum absolute atomic E-state index is 0.0479. The largest absolute Gasteiger partial charge is 0.495 e. The molecule has 0 saturated carbocycles. The zero-order valence-corrected chi connectivity index (χ0v) is 29.5. The van der Waals surface area contributed by atoms with Crippen LogP contribution in [0.4, 0.5) is 5.69 Å². The molecule has 1 N–H and O–H groups in total. The number of hydrogen-bond acceptors (Lipinski definition) is 5. The van der Waals surface area contributed by atoms with E-state index in [0.29, 0.717) is 5.56 Å². The van der Waals surface area contributed by atoms with Crippen LogP contribution < -0.4 is 14.4 Å². The van der Waals surface area contributed by atoms with Crippen molar-refractivity contribution >= 4 is 62.3 Å². The fourth-order valence-corrected chi connectivity index (χ4v) is 7.07. The number of nitrogens with zero attached hydrogens (tertiary/aromatic N) is 2. The van der Waals surface area contributed by atoms with Gasteiger partial charge in [-0.15, -0.1) is 0 Å². The Labute approximate surface area is 291 Å². The Bertz CT molecular complexity index is 1800. The third kappa shape index (κ3) is 9.20. The lowest BCUT2D eigenvalue weighted by Gasteiger charge is -2.35. The fourth-order valence-electron chi connectivity index (χ4n) is 4.95. The summed E-state index contributed by atoms with van der Waals surface area (Å²) in [7, 11) is -2.97. The molecule has 0 unspecified atom stereocenters. The Hall–Kier alpha value is -3.76. The Morgan fingerprint density at radius 3 is 2.02 bits per heavy atom. The summed E-state index contributed by atoms with van der Waals surface area (Å²) < 4.78 is 35.0. The van der Waals surface area contributed by atoms with Gasteiger partial charge in [0.15, 0.2) is 0 Å². The summed E-state index contributed by atoms with van der Waals surface area (Å²) >= 11 is 19.5. The van der Waals surface area contributed by atoms with Crippen LogP contribution in [0.1, 0.15) is 31.9 Å². The van der Waals surface area contributed by atoms with Crippen LogP contribution in [0.2, 0.25) is 15.1 Å². The molecule has 0 aromatic heterocycles. The number of nitrogens with one attached hydrogen (secondary N) is 1. The number of amides is 2. The van der Waals surface area contributed by atoms with Gasteiger partial charge in [0.25, 0.3) is 10.0 Å². The monoisotopic (exact) mass is 715 g/mol. The average Bonchev–Trinajstić information content (AvgIpc) is 3.02. The van der Waals surface area contributed by atoms with Gasteiger partial charge >= 0.3 is 0 Å². The van der Waals surface area contributed by atoms with Crippen LogP contribution in [0.5, 0.6) is 5.75 Å². The van der Waals surface area contributed by atoms with Crippen LogP contribution in [0.15, 0.2) is 102 Å². The zero-order valence-electron chi connectivity index (χ0n) is 26.4. The van der Waals surface area contributed by atoms with E-state index in [1.807, 2.05) is 51.1 Å². The maximum atomic E-state index is 14.7. The molecule has 0 aliphatic carbocycles. The number of ether oxygens (including phenoxy) is 1. The molecule has 0 aliphatic heterocycles. The van der Waals surface area contributed by atoms with E-state index in [9.17, 15) is 18.0 Å². The summed E-state index contributed by atoms with van der Waals surface area (Å²) in [5, 5.41) is 3.79. The van der Waals surface area contributed by atoms with Gasteiger partial charge in [0.2, 0.25) is 11.8 Å². The van der Waals surface area contributed by atoms with Gasteiger partial charge in [0.05, 0.1) is 17.7 Å². The Morgan fingerprint density at radius 1 is 0.851 bits per heavy atom. The summed E-state index contributed by atoms with van der Waals surface area (Å²) in [6.07, 6.45) is 0.127. The van der Waals surface area contributed by atoms with Gasteiger partial charge in [-0.2, -0.15) is 0 Å². The number of sulfonamides is 1. The van der Waals surface area contributed by atoms with Gasteiger partial charge < -0.3 is 15.0 Å². The quantitative estimate of drug-likeness (QED) is 0.165. The first-order chi connectivity index (χ1) is 22.2. The minimum Gasteiger partial charge on any atom is -0.495 e. The van der Waals surface area contributed by atoms with Crippen molar-refractivity contribution in [2.24, 2.45) is 0 Å². The molecule has 4 rings (SSSR count). The zero-order chi connectivity index (χ0) is 34.4. The number of carbonyl (C=O) groups excluding carboxylic acids is 2. The summed E-state index contributed by atoms with van der Waals surface area (Å²) in [5.74, 6) is -0.947. The number of anilines is 1. The van der Waals surface area contributed by atoms with Crippen molar-refractivity contribution in [3.63, 3.8) is 0 Å². The predicted molar refractivity (Wildman–Crippen MR) is 188 cm³/mol. The highest BCUT2D eigenvalue weighted by Crippen LogP contribution is 2.35. The first kappa shape index (κ1) is 36.1. The van der Waals surface area contributed by atoms with Crippen LogP contribution in [0.25, 0.3) is 0 Å². The molecule has 0 aliphatic rings. The van der Waals surface area contributed by atoms with Gasteiger partial charge in [-0.1, -0.05) is 89.4 Å². The fraction of sp³-hybridized carbons (Fsp3) is 0.257. The molecular weight excluding hydrogens is 681 g/mol. The molecule has 0 bridgehead atoms. The molecule has 0 saturated heterocycles. The van der Waals surface area contributed by atoms with E-state index in [-0.39, 0.29) is 44.4 Å². The van der Waals surface area contributed by atoms with Crippen LogP contribution >= 0.6 is 34.8 Å². The Kier molecular flexibility index (Phi) is 11.8. The van der Waals surface area contributed by atoms with E-state index in [1.165, 1.54) is 36.3 Å². The van der Waals surface area contributed by atoms with Gasteiger partial charge in [-0.3, -0.25) is 13.9 Å². The van der Waals surface area contributed by atoms with Crippen LogP contribution in [-0.4, -0.2) is 50.4 Å². The van der Waals surface area contributed by atoms with Crippen LogP contribution in [-0.2, 0) is 32.6 Å². The highest BCUT2D eigenvalue weighted by atomic mass is 35.5. The molecule has 4 aromatic carbocycles. The molecular formula is C35H36Cl3N3O5S. The topological polar surface area (TPSA) is 96.0 Å². The number of halogens is 3. The van der Waals surface area contributed by atoms with Crippen LogP contribution in [0, 0.1) is 0 Å². The lowest BCUT2D eigenvalue weighted by molar-refractivity contribution is -0.140. The first-order valence-electron chi connectivity index (χ1n) is 14.7. The lowest BCUT2D eigenvalue weighted by atomic mass is 10.0. The highest BCUT2D eigenvalue weighted by molar-refractivity contribution is 7.92. The van der Waals surface area contributed by atoms with Gasteiger partial charge in [0.1, 0.15) is 18.3 Å². The minimum atomic E-state index is -4.36. The van der Waals surface area contributed by atoms with Crippen molar-refractivity contribution in [3.05, 3.63) is 123 Å². The third-order valence-corrected chi connectivity index (χ3v) is 9.90. The number of benzene rings is 4. The van der Waals surface area contributed by atoms with Crippen molar-refractivity contribution < 1.29 is 22.7 Å². The molecule has 0 radical (unpaired) electrons. The number of carbonyl (C=O) groups is 2. The van der Waals surface area contributed by atoms with E-state index in [0.717, 1.165) is 9.87 Å². The van der Waals surface area contributed by atoms with E-state index in [1.54, 1.807) is 42.5 Å². The molecule has 0 fully saturated rings. The summed E-state index contributed by atoms with van der Waals surface area (Å²) in [5.41, 5.74) is 0.602. The van der Waals surface area contributed by atoms with Gasteiger partial charge in [0, 0.05) is 39.1 Å². The molecule has 248 valence electrons. The third-order valence-electron chi connectivity index (χ3n) is 7.18. The molecule has 0 heterocycles. The number of methoxy groups -OCH3 is 1. The lowest BCUT2D eigenvalue weighted by Crippen LogP contribution is -2.56. The SMILES string of the molecule is COc1ccc(Cl)cc1N(CC(=O)N(Cc1c(Cl)cccc1Cl)[C@H](Cc1ccccc1)C(=O)NC(C)(C)C)S(=O)(=O)c1ccccc1. The second kappa shape index (κ2) is 15.4. The van der Waals surface area contributed by atoms with E-state index >= 15 is 0 Å². The second-order valence-electron chi connectivity index (χ2n) is 11.8. The smallest absolute Gasteiger partial charge is 0.264 e. The summed E-state index contributed by atoms with van der Waals surface area (Å²) in [6.45, 7) is 4.62. The maximum absolute atomic E-state index is 14.7. The van der Waals surface area contributed by atoms with Gasteiger partial charge in [-0.05, 0) is 68.8 Å². The Morgan fingerprint density at radius 2 is 1.45 bits per heavy atom. The summed E-state index contributed by atoms with van der Waals surface area (Å²) in [6, 6.07) is 25.3.